The molecule has 7 nitrogen and oxygen atoms in total. The van der Waals surface area contributed by atoms with Crippen LogP contribution in [0.3, 0.4) is 0 Å². The molecule has 0 unspecified atom stereocenters. The molecule has 0 N–H and O–H groups in total. The number of likely N-dealkylation sites (tertiary alicyclic amines) is 1. The van der Waals surface area contributed by atoms with Gasteiger partial charge in [-0.3, -0.25) is 0 Å². The average Bonchev–Trinajstić information content (AvgIpc) is 3.14. The average molecular weight is 377 g/mol. The maximum Gasteiger partial charge on any atom is 0.237 e. The van der Waals surface area contributed by atoms with Crippen molar-refractivity contribution >= 4 is 5.82 Å². The van der Waals surface area contributed by atoms with Crippen LogP contribution < -0.4 is 9.64 Å². The van der Waals surface area contributed by atoms with Crippen LogP contribution in [0.2, 0.25) is 0 Å². The Bertz CT molecular complexity index is 580. The largest absolute Gasteiger partial charge is 0.476 e. The highest BCUT2D eigenvalue weighted by Gasteiger charge is 2.22. The molecule has 2 aliphatic rings. The Morgan fingerprint density at radius 1 is 1.07 bits per heavy atom. The minimum atomic E-state index is 0.177. The molecule has 0 bridgehead atoms. The van der Waals surface area contributed by atoms with E-state index in [2.05, 4.69) is 38.8 Å². The number of anilines is 1. The second-order valence-corrected chi connectivity index (χ2v) is 6.38. The van der Waals surface area contributed by atoms with Crippen molar-refractivity contribution in [1.82, 2.24) is 19.8 Å². The molecule has 0 amide bonds. The van der Waals surface area contributed by atoms with Crippen LogP contribution in [-0.4, -0.2) is 79.2 Å². The summed E-state index contributed by atoms with van der Waals surface area (Å²) in [5, 5.41) is 9.18. The summed E-state index contributed by atoms with van der Waals surface area (Å²) >= 11 is 0. The van der Waals surface area contributed by atoms with Crippen molar-refractivity contribution in [2.45, 2.75) is 46.6 Å². The lowest BCUT2D eigenvalue weighted by atomic mass is 10.2. The molecule has 0 aromatic carbocycles. The van der Waals surface area contributed by atoms with Crippen molar-refractivity contribution in [3.05, 3.63) is 11.9 Å². The highest BCUT2D eigenvalue weighted by atomic mass is 16.5. The molecule has 27 heavy (non-hydrogen) atoms. The van der Waals surface area contributed by atoms with E-state index < -0.39 is 0 Å². The predicted octanol–water partition coefficient (Wildman–Crippen LogP) is 2.63. The first kappa shape index (κ1) is 23.1. The molecule has 1 atom stereocenters. The van der Waals surface area contributed by atoms with E-state index in [0.29, 0.717) is 18.5 Å². The van der Waals surface area contributed by atoms with E-state index in [1.807, 2.05) is 39.8 Å². The summed E-state index contributed by atoms with van der Waals surface area (Å²) in [5.41, 5.74) is 0. The zero-order valence-electron chi connectivity index (χ0n) is 17.9. The van der Waals surface area contributed by atoms with Gasteiger partial charge < -0.3 is 19.4 Å². The molecular weight excluding hydrogens is 340 g/mol. The van der Waals surface area contributed by atoms with Gasteiger partial charge in [0.1, 0.15) is 18.5 Å². The molecule has 152 valence electrons. The molecule has 2 aliphatic heterocycles. The molecule has 3 heterocycles. The van der Waals surface area contributed by atoms with Crippen LogP contribution in [0.25, 0.3) is 0 Å². The first-order valence-corrected chi connectivity index (χ1v) is 10.2. The number of nitriles is 1. The molecule has 0 radical (unpaired) electrons. The molecule has 3 rings (SSSR count). The van der Waals surface area contributed by atoms with E-state index in [4.69, 9.17) is 4.74 Å². The fourth-order valence-corrected chi connectivity index (χ4v) is 3.11. The van der Waals surface area contributed by atoms with Gasteiger partial charge >= 0.3 is 0 Å². The highest BCUT2D eigenvalue weighted by molar-refractivity contribution is 5.44. The van der Waals surface area contributed by atoms with Crippen molar-refractivity contribution in [2.75, 3.05) is 58.3 Å². The minimum Gasteiger partial charge on any atom is -0.476 e. The Morgan fingerprint density at radius 2 is 1.74 bits per heavy atom. The van der Waals surface area contributed by atoms with E-state index in [-0.39, 0.29) is 5.82 Å². The van der Waals surface area contributed by atoms with Gasteiger partial charge in [-0.1, -0.05) is 27.7 Å². The summed E-state index contributed by atoms with van der Waals surface area (Å²) in [6.07, 6.45) is 2.36. The van der Waals surface area contributed by atoms with Crippen molar-refractivity contribution in [1.29, 1.82) is 5.26 Å². The Morgan fingerprint density at radius 3 is 2.30 bits per heavy atom. The van der Waals surface area contributed by atoms with Crippen LogP contribution >= 0.6 is 0 Å². The van der Waals surface area contributed by atoms with E-state index in [1.54, 1.807) is 0 Å². The van der Waals surface area contributed by atoms with E-state index in [9.17, 15) is 5.26 Å². The first-order chi connectivity index (χ1) is 13.2. The third kappa shape index (κ3) is 6.96. The summed E-state index contributed by atoms with van der Waals surface area (Å²) < 4.78 is 5.87. The monoisotopic (exact) mass is 376 g/mol. The smallest absolute Gasteiger partial charge is 0.237 e. The number of hydrogen-bond donors (Lipinski definition) is 0. The van der Waals surface area contributed by atoms with Crippen LogP contribution in [0, 0.1) is 11.3 Å². The molecule has 7 heteroatoms. The van der Waals surface area contributed by atoms with Gasteiger partial charge in [0.15, 0.2) is 0 Å². The molecule has 2 saturated heterocycles. The molecular formula is C20H36N6O. The van der Waals surface area contributed by atoms with Gasteiger partial charge in [-0.25, -0.2) is 4.98 Å². The van der Waals surface area contributed by atoms with Crippen LogP contribution in [-0.2, 0) is 0 Å². The Labute approximate surface area is 164 Å². The van der Waals surface area contributed by atoms with Gasteiger partial charge in [-0.2, -0.15) is 10.2 Å². The first-order valence-electron chi connectivity index (χ1n) is 10.2. The minimum absolute atomic E-state index is 0.177. The highest BCUT2D eigenvalue weighted by Crippen LogP contribution is 2.21. The second-order valence-electron chi connectivity index (χ2n) is 6.38. The Balaban J connectivity index is 0.000000855. The lowest BCUT2D eigenvalue weighted by Crippen LogP contribution is -2.44. The standard InChI is InChI=1S/C16H24N6O.2C2H6/c1-20-6-8-22(9-7-20)15-10-16(19-14(11-17)18-15)23-12-13-4-3-5-21(13)2;2*1-2/h10,13H,3-9,12H2,1-2H3;2*1-2H3/t13-;;/m0../s1. The molecule has 1 aromatic heterocycles. The third-order valence-corrected chi connectivity index (χ3v) is 4.71. The molecule has 0 aliphatic carbocycles. The van der Waals surface area contributed by atoms with Gasteiger partial charge in [0, 0.05) is 38.3 Å². The van der Waals surface area contributed by atoms with Gasteiger partial charge in [0.25, 0.3) is 0 Å². The van der Waals surface area contributed by atoms with E-state index >= 15 is 0 Å². The van der Waals surface area contributed by atoms with Gasteiger partial charge in [0.2, 0.25) is 11.7 Å². The van der Waals surface area contributed by atoms with E-state index in [0.717, 1.165) is 45.0 Å². The Kier molecular flexibility index (Phi) is 10.7. The molecule has 1 aromatic rings. The number of rotatable bonds is 4. The van der Waals surface area contributed by atoms with Crippen LogP contribution in [0.1, 0.15) is 46.4 Å². The fourth-order valence-electron chi connectivity index (χ4n) is 3.11. The maximum absolute atomic E-state index is 9.18. The van der Waals surface area contributed by atoms with Crippen LogP contribution in [0.5, 0.6) is 5.88 Å². The summed E-state index contributed by atoms with van der Waals surface area (Å²) in [7, 11) is 4.24. The zero-order chi connectivity index (χ0) is 20.2. The van der Waals surface area contributed by atoms with Crippen molar-refractivity contribution in [3.8, 4) is 11.9 Å². The maximum atomic E-state index is 9.18. The predicted molar refractivity (Wildman–Crippen MR) is 110 cm³/mol. The third-order valence-electron chi connectivity index (χ3n) is 4.71. The lowest BCUT2D eigenvalue weighted by molar-refractivity contribution is 0.193. The summed E-state index contributed by atoms with van der Waals surface area (Å²) in [5.74, 6) is 1.47. The normalized spacial score (nSPS) is 20.0. The zero-order valence-corrected chi connectivity index (χ0v) is 17.9. The summed E-state index contributed by atoms with van der Waals surface area (Å²) in [4.78, 5) is 15.3. The van der Waals surface area contributed by atoms with Crippen molar-refractivity contribution < 1.29 is 4.74 Å². The van der Waals surface area contributed by atoms with Crippen LogP contribution in [0.15, 0.2) is 6.07 Å². The quantitative estimate of drug-likeness (QED) is 0.800. The molecule has 0 saturated carbocycles. The van der Waals surface area contributed by atoms with Crippen LogP contribution in [0.4, 0.5) is 5.82 Å². The Hall–Kier alpha value is -1.91. The van der Waals surface area contributed by atoms with Crippen molar-refractivity contribution in [2.24, 2.45) is 0 Å². The van der Waals surface area contributed by atoms with Gasteiger partial charge in [-0.05, 0) is 33.5 Å². The number of aromatic nitrogens is 2. The number of hydrogen-bond acceptors (Lipinski definition) is 7. The SMILES string of the molecule is CC.CC.CN1CCN(c2cc(OC[C@@H]3CCCN3C)nc(C#N)n2)CC1. The topological polar surface area (TPSA) is 68.5 Å². The summed E-state index contributed by atoms with van der Waals surface area (Å²) in [6.45, 7) is 13.5. The number of ether oxygens (including phenoxy) is 1. The van der Waals surface area contributed by atoms with E-state index in [1.165, 1.54) is 6.42 Å². The van der Waals surface area contributed by atoms with Gasteiger partial charge in [0.05, 0.1) is 0 Å². The molecule has 0 spiro atoms. The second kappa shape index (κ2) is 12.5. The van der Waals surface area contributed by atoms with Crippen molar-refractivity contribution in [3.63, 3.8) is 0 Å². The number of likely N-dealkylation sites (N-methyl/N-ethyl adjacent to an activating group) is 2. The number of nitrogens with zero attached hydrogens (tertiary/aromatic N) is 6. The molecule has 2 fully saturated rings. The van der Waals surface area contributed by atoms with Gasteiger partial charge in [-0.15, -0.1) is 0 Å². The summed E-state index contributed by atoms with van der Waals surface area (Å²) in [6, 6.07) is 4.34. The number of piperazine rings is 1. The fraction of sp³-hybridized carbons (Fsp3) is 0.750. The lowest BCUT2D eigenvalue weighted by Gasteiger charge is -2.33.